The zero-order valence-electron chi connectivity index (χ0n) is 12.7. The number of hydrogen-bond donors (Lipinski definition) is 2. The van der Waals surface area contributed by atoms with Crippen LogP contribution in [0.3, 0.4) is 0 Å². The molecule has 3 nitrogen and oxygen atoms in total. The van der Waals surface area contributed by atoms with E-state index in [1.165, 1.54) is 6.07 Å². The molecule has 0 heterocycles. The van der Waals surface area contributed by atoms with Crippen molar-refractivity contribution < 1.29 is 14.2 Å². The Morgan fingerprint density at radius 1 is 1.35 bits per heavy atom. The molecule has 0 saturated carbocycles. The zero-order valence-corrected chi connectivity index (χ0v) is 12.7. The van der Waals surface area contributed by atoms with Gasteiger partial charge < -0.3 is 15.2 Å². The van der Waals surface area contributed by atoms with Gasteiger partial charge in [0.15, 0.2) is 0 Å². The van der Waals surface area contributed by atoms with E-state index in [9.17, 15) is 9.50 Å². The van der Waals surface area contributed by atoms with Crippen LogP contribution in [0.25, 0.3) is 0 Å². The third kappa shape index (κ3) is 6.46. The topological polar surface area (TPSA) is 41.5 Å². The van der Waals surface area contributed by atoms with Crippen LogP contribution in [0.15, 0.2) is 24.3 Å². The van der Waals surface area contributed by atoms with Crippen molar-refractivity contribution in [1.29, 1.82) is 0 Å². The Balaban J connectivity index is 2.24. The number of rotatable bonds is 9. The van der Waals surface area contributed by atoms with Gasteiger partial charge in [0, 0.05) is 17.6 Å². The number of halogens is 1. The van der Waals surface area contributed by atoms with Crippen molar-refractivity contribution in [3.05, 3.63) is 35.6 Å². The predicted octanol–water partition coefficient (Wildman–Crippen LogP) is 2.87. The van der Waals surface area contributed by atoms with E-state index >= 15 is 0 Å². The number of benzene rings is 1. The summed E-state index contributed by atoms with van der Waals surface area (Å²) in [5.41, 5.74) is 0.528. The molecular weight excluding hydrogens is 257 g/mol. The van der Waals surface area contributed by atoms with Crippen molar-refractivity contribution in [1.82, 2.24) is 5.32 Å². The molecule has 0 spiro atoms. The smallest absolute Gasteiger partial charge is 0.128 e. The van der Waals surface area contributed by atoms with E-state index in [0.717, 1.165) is 12.8 Å². The molecule has 1 unspecified atom stereocenters. The monoisotopic (exact) mass is 283 g/mol. The molecule has 2 N–H and O–H groups in total. The van der Waals surface area contributed by atoms with Crippen LogP contribution in [0.2, 0.25) is 0 Å². The Kier molecular flexibility index (Phi) is 7.13. The van der Waals surface area contributed by atoms with Crippen molar-refractivity contribution in [2.45, 2.75) is 51.9 Å². The average Bonchev–Trinajstić information content (AvgIpc) is 2.39. The maximum Gasteiger partial charge on any atom is 0.128 e. The molecular formula is C16H26FNO2. The van der Waals surface area contributed by atoms with Gasteiger partial charge in [0.05, 0.1) is 19.3 Å². The molecule has 0 aliphatic rings. The first kappa shape index (κ1) is 17.1. The van der Waals surface area contributed by atoms with Crippen LogP contribution in [0.1, 0.15) is 39.2 Å². The van der Waals surface area contributed by atoms with Gasteiger partial charge in [0.25, 0.3) is 0 Å². The highest BCUT2D eigenvalue weighted by Crippen LogP contribution is 2.11. The van der Waals surface area contributed by atoms with Gasteiger partial charge in [-0.1, -0.05) is 31.5 Å². The summed E-state index contributed by atoms with van der Waals surface area (Å²) in [5.74, 6) is -0.274. The lowest BCUT2D eigenvalue weighted by molar-refractivity contribution is 0.0245. The SMILES string of the molecule is CCCC(C)(C)NCC(O)COCc1ccccc1F. The van der Waals surface area contributed by atoms with Gasteiger partial charge in [-0.2, -0.15) is 0 Å². The van der Waals surface area contributed by atoms with E-state index in [2.05, 4.69) is 26.1 Å². The highest BCUT2D eigenvalue weighted by atomic mass is 19.1. The Labute approximate surface area is 121 Å². The summed E-state index contributed by atoms with van der Waals surface area (Å²) in [6.45, 7) is 7.22. The van der Waals surface area contributed by atoms with Crippen LogP contribution in [0, 0.1) is 5.82 Å². The van der Waals surface area contributed by atoms with Crippen LogP contribution >= 0.6 is 0 Å². The third-order valence-corrected chi connectivity index (χ3v) is 3.22. The van der Waals surface area contributed by atoms with E-state index in [1.807, 2.05) is 0 Å². The summed E-state index contributed by atoms with van der Waals surface area (Å²) in [6, 6.07) is 6.51. The van der Waals surface area contributed by atoms with Gasteiger partial charge in [0.1, 0.15) is 5.82 Å². The van der Waals surface area contributed by atoms with Crippen LogP contribution in [0.4, 0.5) is 4.39 Å². The minimum Gasteiger partial charge on any atom is -0.389 e. The second kappa shape index (κ2) is 8.35. The molecule has 0 saturated heterocycles. The lowest BCUT2D eigenvalue weighted by atomic mass is 9.99. The highest BCUT2D eigenvalue weighted by Gasteiger charge is 2.17. The second-order valence-electron chi connectivity index (χ2n) is 5.78. The Hall–Kier alpha value is -0.970. The number of β-amino-alcohol motifs (C(OH)–C–C–N with tert-alkyl or cyclic N) is 1. The molecule has 0 fully saturated rings. The summed E-state index contributed by atoms with van der Waals surface area (Å²) in [5, 5.41) is 13.2. The van der Waals surface area contributed by atoms with Crippen LogP contribution in [-0.4, -0.2) is 29.9 Å². The quantitative estimate of drug-likeness (QED) is 0.732. The highest BCUT2D eigenvalue weighted by molar-refractivity contribution is 5.16. The minimum atomic E-state index is -0.585. The molecule has 1 rings (SSSR count). The number of aliphatic hydroxyl groups excluding tert-OH is 1. The molecule has 0 radical (unpaired) electrons. The summed E-state index contributed by atoms with van der Waals surface area (Å²) < 4.78 is 18.7. The maximum absolute atomic E-state index is 13.3. The first-order chi connectivity index (χ1) is 9.44. The normalized spacial score (nSPS) is 13.4. The molecule has 1 aromatic rings. The molecule has 0 aromatic heterocycles. The minimum absolute atomic E-state index is 0.0151. The van der Waals surface area contributed by atoms with Crippen molar-refractivity contribution >= 4 is 0 Å². The molecule has 0 aliphatic carbocycles. The molecule has 0 aliphatic heterocycles. The summed E-state index contributed by atoms with van der Waals surface area (Å²) in [7, 11) is 0. The number of ether oxygens (including phenoxy) is 1. The van der Waals surface area contributed by atoms with Crippen LogP contribution in [-0.2, 0) is 11.3 Å². The third-order valence-electron chi connectivity index (χ3n) is 3.22. The van der Waals surface area contributed by atoms with Crippen LogP contribution in [0.5, 0.6) is 0 Å². The summed E-state index contributed by atoms with van der Waals surface area (Å²) in [4.78, 5) is 0. The fraction of sp³-hybridized carbons (Fsp3) is 0.625. The molecule has 1 aromatic carbocycles. The number of hydrogen-bond acceptors (Lipinski definition) is 3. The van der Waals surface area contributed by atoms with Gasteiger partial charge in [0.2, 0.25) is 0 Å². The van der Waals surface area contributed by atoms with Crippen molar-refractivity contribution in [2.75, 3.05) is 13.2 Å². The van der Waals surface area contributed by atoms with E-state index in [1.54, 1.807) is 18.2 Å². The summed E-state index contributed by atoms with van der Waals surface area (Å²) in [6.07, 6.45) is 1.56. The van der Waals surface area contributed by atoms with E-state index in [-0.39, 0.29) is 24.6 Å². The Bertz CT molecular complexity index is 396. The van der Waals surface area contributed by atoms with Gasteiger partial charge in [-0.05, 0) is 26.3 Å². The van der Waals surface area contributed by atoms with Gasteiger partial charge >= 0.3 is 0 Å². The number of nitrogens with one attached hydrogen (secondary N) is 1. The standard InChI is InChI=1S/C16H26FNO2/c1-4-9-16(2,3)18-10-14(19)12-20-11-13-7-5-6-8-15(13)17/h5-8,14,18-19H,4,9-12H2,1-3H3. The number of aliphatic hydroxyl groups is 1. The molecule has 114 valence electrons. The van der Waals surface area contributed by atoms with E-state index in [4.69, 9.17) is 4.74 Å². The first-order valence-electron chi connectivity index (χ1n) is 7.19. The van der Waals surface area contributed by atoms with E-state index < -0.39 is 6.10 Å². The van der Waals surface area contributed by atoms with Crippen LogP contribution < -0.4 is 5.32 Å². The van der Waals surface area contributed by atoms with Gasteiger partial charge in [-0.15, -0.1) is 0 Å². The Morgan fingerprint density at radius 2 is 2.05 bits per heavy atom. The fourth-order valence-corrected chi connectivity index (χ4v) is 2.09. The fourth-order valence-electron chi connectivity index (χ4n) is 2.09. The molecule has 1 atom stereocenters. The average molecular weight is 283 g/mol. The largest absolute Gasteiger partial charge is 0.389 e. The molecule has 0 bridgehead atoms. The van der Waals surface area contributed by atoms with E-state index in [0.29, 0.717) is 12.1 Å². The second-order valence-corrected chi connectivity index (χ2v) is 5.78. The van der Waals surface area contributed by atoms with Crippen molar-refractivity contribution in [2.24, 2.45) is 0 Å². The first-order valence-corrected chi connectivity index (χ1v) is 7.19. The zero-order chi connectivity index (χ0) is 15.0. The predicted molar refractivity (Wildman–Crippen MR) is 79.1 cm³/mol. The lowest BCUT2D eigenvalue weighted by Gasteiger charge is -2.27. The molecule has 0 amide bonds. The lowest BCUT2D eigenvalue weighted by Crippen LogP contribution is -2.44. The molecule has 20 heavy (non-hydrogen) atoms. The summed E-state index contributed by atoms with van der Waals surface area (Å²) >= 11 is 0. The van der Waals surface area contributed by atoms with Gasteiger partial charge in [-0.25, -0.2) is 4.39 Å². The van der Waals surface area contributed by atoms with Gasteiger partial charge in [-0.3, -0.25) is 0 Å². The Morgan fingerprint density at radius 3 is 2.70 bits per heavy atom. The maximum atomic E-state index is 13.3. The van der Waals surface area contributed by atoms with Crippen molar-refractivity contribution in [3.63, 3.8) is 0 Å². The molecule has 4 heteroatoms. The van der Waals surface area contributed by atoms with Crippen molar-refractivity contribution in [3.8, 4) is 0 Å².